The molecule has 2 atom stereocenters. The molecule has 0 fully saturated rings. The average molecular weight is 253 g/mol. The fourth-order valence-corrected chi connectivity index (χ4v) is 2.81. The molecule has 86 valence electrons. The van der Waals surface area contributed by atoms with E-state index in [4.69, 9.17) is 0 Å². The Bertz CT molecular complexity index is 357. The van der Waals surface area contributed by atoms with Gasteiger partial charge in [-0.1, -0.05) is 6.92 Å². The smallest absolute Gasteiger partial charge is 0.0965 e. The quantitative estimate of drug-likeness (QED) is 0.890. The number of hydrogen-bond donors (Lipinski definition) is 1. The summed E-state index contributed by atoms with van der Waals surface area (Å²) in [6.07, 6.45) is 3.79. The molecule has 2 aromatic heterocycles. The van der Waals surface area contributed by atoms with E-state index in [2.05, 4.69) is 29.1 Å². The molecule has 5 heteroatoms. The first-order valence-electron chi connectivity index (χ1n) is 5.28. The third kappa shape index (κ3) is 2.87. The molecule has 0 saturated heterocycles. The number of hydrogen-bond acceptors (Lipinski definition) is 5. The van der Waals surface area contributed by atoms with E-state index in [1.54, 1.807) is 22.7 Å². The lowest BCUT2D eigenvalue weighted by molar-refractivity contribution is 0.541. The Morgan fingerprint density at radius 3 is 2.88 bits per heavy atom. The second kappa shape index (κ2) is 5.52. The van der Waals surface area contributed by atoms with Crippen LogP contribution >= 0.6 is 22.7 Å². The molecule has 2 heterocycles. The van der Waals surface area contributed by atoms with Crippen molar-refractivity contribution in [3.05, 3.63) is 33.2 Å². The van der Waals surface area contributed by atoms with Gasteiger partial charge in [0.2, 0.25) is 0 Å². The maximum Gasteiger partial charge on any atom is 0.0965 e. The fourth-order valence-electron chi connectivity index (χ4n) is 1.46. The van der Waals surface area contributed by atoms with Gasteiger partial charge < -0.3 is 5.32 Å². The van der Waals surface area contributed by atoms with Gasteiger partial charge in [-0.2, -0.15) is 0 Å². The minimum Gasteiger partial charge on any atom is -0.309 e. The summed E-state index contributed by atoms with van der Waals surface area (Å²) >= 11 is 3.41. The van der Waals surface area contributed by atoms with E-state index in [1.807, 2.05) is 23.3 Å². The van der Waals surface area contributed by atoms with Crippen molar-refractivity contribution < 1.29 is 0 Å². The van der Waals surface area contributed by atoms with Crippen LogP contribution < -0.4 is 5.32 Å². The van der Waals surface area contributed by atoms with Gasteiger partial charge in [-0.25, -0.2) is 4.98 Å². The van der Waals surface area contributed by atoms with Crippen LogP contribution in [0.2, 0.25) is 0 Å². The summed E-state index contributed by atoms with van der Waals surface area (Å²) in [7, 11) is 0. The van der Waals surface area contributed by atoms with Gasteiger partial charge in [0.1, 0.15) is 0 Å². The number of rotatable bonds is 5. The Labute approximate surface area is 104 Å². The Morgan fingerprint density at radius 2 is 2.25 bits per heavy atom. The first-order valence-corrected chi connectivity index (χ1v) is 7.04. The highest BCUT2D eigenvalue weighted by Gasteiger charge is 2.11. The molecule has 0 saturated carbocycles. The molecule has 0 aliphatic rings. The third-order valence-corrected chi connectivity index (χ3v) is 4.45. The van der Waals surface area contributed by atoms with Gasteiger partial charge in [-0.15, -0.1) is 22.7 Å². The highest BCUT2D eigenvalue weighted by atomic mass is 32.1. The molecule has 0 amide bonds. The summed E-state index contributed by atoms with van der Waals surface area (Å²) in [4.78, 5) is 9.70. The predicted molar refractivity (Wildman–Crippen MR) is 69.1 cm³/mol. The van der Waals surface area contributed by atoms with E-state index >= 15 is 0 Å². The Kier molecular flexibility index (Phi) is 4.04. The molecule has 3 nitrogen and oxygen atoms in total. The first kappa shape index (κ1) is 11.7. The van der Waals surface area contributed by atoms with Crippen LogP contribution in [0.1, 0.15) is 35.7 Å². The first-order chi connectivity index (χ1) is 7.77. The number of thiazole rings is 2. The molecule has 0 spiro atoms. The summed E-state index contributed by atoms with van der Waals surface area (Å²) in [6.45, 7) is 5.32. The highest BCUT2D eigenvalue weighted by Crippen LogP contribution is 2.20. The zero-order valence-electron chi connectivity index (χ0n) is 9.38. The van der Waals surface area contributed by atoms with E-state index in [9.17, 15) is 0 Å². The average Bonchev–Trinajstić information content (AvgIpc) is 2.95. The van der Waals surface area contributed by atoms with Crippen molar-refractivity contribution in [1.82, 2.24) is 15.3 Å². The van der Waals surface area contributed by atoms with Gasteiger partial charge in [0.25, 0.3) is 0 Å². The second-order valence-electron chi connectivity index (χ2n) is 3.81. The standard InChI is InChI=1S/C11H15N3S2/c1-8(11-13-3-4-15-11)5-14-9(2)10-6-12-7-16-10/h3-4,6-9,14H,5H2,1-2H3. The van der Waals surface area contributed by atoms with Crippen LogP contribution in [0.5, 0.6) is 0 Å². The van der Waals surface area contributed by atoms with Crippen molar-refractivity contribution in [1.29, 1.82) is 0 Å². The van der Waals surface area contributed by atoms with Crippen molar-refractivity contribution in [3.8, 4) is 0 Å². The molecule has 0 aliphatic carbocycles. The molecule has 2 unspecified atom stereocenters. The number of nitrogens with zero attached hydrogens (tertiary/aromatic N) is 2. The predicted octanol–water partition coefficient (Wildman–Crippen LogP) is 3.05. The normalized spacial score (nSPS) is 14.9. The lowest BCUT2D eigenvalue weighted by Crippen LogP contribution is -2.22. The topological polar surface area (TPSA) is 37.8 Å². The maximum atomic E-state index is 4.33. The van der Waals surface area contributed by atoms with Gasteiger partial charge in [-0.3, -0.25) is 4.98 Å². The van der Waals surface area contributed by atoms with Crippen LogP contribution in [0.15, 0.2) is 23.3 Å². The van der Waals surface area contributed by atoms with Crippen LogP contribution in [0.3, 0.4) is 0 Å². The van der Waals surface area contributed by atoms with Crippen molar-refractivity contribution in [3.63, 3.8) is 0 Å². The largest absolute Gasteiger partial charge is 0.309 e. The summed E-state index contributed by atoms with van der Waals surface area (Å²) in [5.74, 6) is 0.468. The Morgan fingerprint density at radius 1 is 1.38 bits per heavy atom. The Hall–Kier alpha value is -0.780. The zero-order valence-corrected chi connectivity index (χ0v) is 11.0. The van der Waals surface area contributed by atoms with Crippen LogP contribution in [-0.2, 0) is 0 Å². The molecule has 2 rings (SSSR count). The Balaban J connectivity index is 1.84. The zero-order chi connectivity index (χ0) is 11.4. The summed E-state index contributed by atoms with van der Waals surface area (Å²) in [5, 5.41) is 6.73. The molecule has 0 bridgehead atoms. The van der Waals surface area contributed by atoms with Crippen molar-refractivity contribution in [2.24, 2.45) is 0 Å². The van der Waals surface area contributed by atoms with E-state index in [0.29, 0.717) is 12.0 Å². The van der Waals surface area contributed by atoms with Gasteiger partial charge >= 0.3 is 0 Å². The summed E-state index contributed by atoms with van der Waals surface area (Å²) in [5.41, 5.74) is 1.87. The van der Waals surface area contributed by atoms with Gasteiger partial charge in [0, 0.05) is 41.2 Å². The lowest BCUT2D eigenvalue weighted by atomic mass is 10.2. The van der Waals surface area contributed by atoms with Crippen LogP contribution in [0, 0.1) is 0 Å². The summed E-state index contributed by atoms with van der Waals surface area (Å²) < 4.78 is 0. The fraction of sp³-hybridized carbons (Fsp3) is 0.455. The van der Waals surface area contributed by atoms with E-state index in [1.165, 1.54) is 9.88 Å². The molecule has 2 aromatic rings. The van der Waals surface area contributed by atoms with E-state index < -0.39 is 0 Å². The van der Waals surface area contributed by atoms with Crippen molar-refractivity contribution in [2.45, 2.75) is 25.8 Å². The SMILES string of the molecule is CC(CNC(C)c1cncs1)c1nccs1. The lowest BCUT2D eigenvalue weighted by Gasteiger charge is -2.14. The van der Waals surface area contributed by atoms with Crippen molar-refractivity contribution >= 4 is 22.7 Å². The number of nitrogens with one attached hydrogen (secondary N) is 1. The number of aromatic nitrogens is 2. The summed E-state index contributed by atoms with van der Waals surface area (Å²) in [6, 6.07) is 0.370. The second-order valence-corrected chi connectivity index (χ2v) is 5.65. The van der Waals surface area contributed by atoms with E-state index in [0.717, 1.165) is 6.54 Å². The van der Waals surface area contributed by atoms with E-state index in [-0.39, 0.29) is 0 Å². The molecule has 1 N–H and O–H groups in total. The highest BCUT2D eigenvalue weighted by molar-refractivity contribution is 7.09. The van der Waals surface area contributed by atoms with Gasteiger partial charge in [0.05, 0.1) is 10.5 Å². The molecular weight excluding hydrogens is 238 g/mol. The third-order valence-electron chi connectivity index (χ3n) is 2.48. The molecule has 16 heavy (non-hydrogen) atoms. The molecule has 0 radical (unpaired) electrons. The molecule has 0 aromatic carbocycles. The monoisotopic (exact) mass is 253 g/mol. The van der Waals surface area contributed by atoms with Crippen LogP contribution in [0.25, 0.3) is 0 Å². The minimum absolute atomic E-state index is 0.370. The maximum absolute atomic E-state index is 4.33. The van der Waals surface area contributed by atoms with Crippen molar-refractivity contribution in [2.75, 3.05) is 6.54 Å². The van der Waals surface area contributed by atoms with Crippen LogP contribution in [-0.4, -0.2) is 16.5 Å². The van der Waals surface area contributed by atoms with Gasteiger partial charge in [-0.05, 0) is 6.92 Å². The molecular formula is C11H15N3S2. The van der Waals surface area contributed by atoms with Gasteiger partial charge in [0.15, 0.2) is 0 Å². The van der Waals surface area contributed by atoms with Crippen LogP contribution in [0.4, 0.5) is 0 Å². The molecule has 0 aliphatic heterocycles. The minimum atomic E-state index is 0.370.